The quantitative estimate of drug-likeness (QED) is 0.472. The summed E-state index contributed by atoms with van der Waals surface area (Å²) >= 11 is 0. The Morgan fingerprint density at radius 2 is 1.67 bits per heavy atom. The van der Waals surface area contributed by atoms with Crippen LogP contribution >= 0.6 is 0 Å². The van der Waals surface area contributed by atoms with Crippen molar-refractivity contribution in [1.82, 2.24) is 0 Å². The Morgan fingerprint density at radius 1 is 0.967 bits per heavy atom. The summed E-state index contributed by atoms with van der Waals surface area (Å²) in [4.78, 5) is 14.6. The zero-order valence-electron chi connectivity index (χ0n) is 16.4. The zero-order valence-corrected chi connectivity index (χ0v) is 16.4. The predicted molar refractivity (Wildman–Crippen MR) is 117 cm³/mol. The van der Waals surface area contributed by atoms with E-state index in [-0.39, 0.29) is 11.5 Å². The number of fused-ring (bicyclic) bond motifs is 1. The fraction of sp³-hybridized carbons (Fsp3) is 0.120. The topological polar surface area (TPSA) is 65.4 Å². The summed E-state index contributed by atoms with van der Waals surface area (Å²) in [5.41, 5.74) is 2.85. The number of hydrogen-bond donors (Lipinski definition) is 1. The number of nitrogens with one attached hydrogen (secondary N) is 1. The fourth-order valence-electron chi connectivity index (χ4n) is 3.43. The van der Waals surface area contributed by atoms with Gasteiger partial charge in [0.05, 0.1) is 0 Å². The smallest absolute Gasteiger partial charge is 0.270 e. The largest absolute Gasteiger partial charge is 0.457 e. The van der Waals surface area contributed by atoms with Gasteiger partial charge in [-0.2, -0.15) is 5.26 Å². The van der Waals surface area contributed by atoms with E-state index in [1.807, 2.05) is 84.9 Å². The van der Waals surface area contributed by atoms with Gasteiger partial charge in [-0.15, -0.1) is 0 Å². The third-order valence-corrected chi connectivity index (χ3v) is 4.92. The molecule has 1 N–H and O–H groups in total. The van der Waals surface area contributed by atoms with Crippen LogP contribution in [0.3, 0.4) is 0 Å². The summed E-state index contributed by atoms with van der Waals surface area (Å²) < 4.78 is 5.77. The number of aryl methyl sites for hydroxylation is 1. The van der Waals surface area contributed by atoms with E-state index in [0.717, 1.165) is 35.5 Å². The Labute approximate surface area is 175 Å². The summed E-state index contributed by atoms with van der Waals surface area (Å²) in [7, 11) is 0. The van der Waals surface area contributed by atoms with Crippen molar-refractivity contribution >= 4 is 17.3 Å². The van der Waals surface area contributed by atoms with Gasteiger partial charge in [-0.05, 0) is 60.9 Å². The van der Waals surface area contributed by atoms with E-state index in [1.54, 1.807) is 4.90 Å². The van der Waals surface area contributed by atoms with Gasteiger partial charge in [-0.3, -0.25) is 4.79 Å². The van der Waals surface area contributed by atoms with Crippen molar-refractivity contribution in [3.8, 4) is 17.6 Å². The highest BCUT2D eigenvalue weighted by Gasteiger charge is 2.24. The molecule has 0 spiro atoms. The minimum atomic E-state index is -0.291. The van der Waals surface area contributed by atoms with Crippen LogP contribution < -0.4 is 15.0 Å². The Hall–Kier alpha value is -4.04. The standard InChI is InChI=1S/C25H21N3O2/c26-17-20(25(29)28-16-6-8-19-7-4-5-11-24(19)28)18-27-21-12-14-23(15-13-21)30-22-9-2-1-3-10-22/h1-5,7,9-15,18,27H,6,8,16H2/b20-18-. The Balaban J connectivity index is 1.45. The van der Waals surface area contributed by atoms with Crippen molar-refractivity contribution in [3.05, 3.63) is 96.2 Å². The van der Waals surface area contributed by atoms with E-state index in [0.29, 0.717) is 12.3 Å². The molecule has 0 saturated carbocycles. The van der Waals surface area contributed by atoms with Crippen LogP contribution in [0.4, 0.5) is 11.4 Å². The fourth-order valence-corrected chi connectivity index (χ4v) is 3.43. The number of carbonyl (C=O) groups excluding carboxylic acids is 1. The van der Waals surface area contributed by atoms with Crippen LogP contribution in [-0.2, 0) is 11.2 Å². The molecule has 1 aliphatic rings. The lowest BCUT2D eigenvalue weighted by Gasteiger charge is -2.29. The molecule has 0 aliphatic carbocycles. The van der Waals surface area contributed by atoms with E-state index in [1.165, 1.54) is 6.20 Å². The van der Waals surface area contributed by atoms with E-state index < -0.39 is 0 Å². The highest BCUT2D eigenvalue weighted by Crippen LogP contribution is 2.28. The molecule has 3 aromatic carbocycles. The van der Waals surface area contributed by atoms with Crippen LogP contribution in [-0.4, -0.2) is 12.5 Å². The van der Waals surface area contributed by atoms with Crippen LogP contribution in [0, 0.1) is 11.3 Å². The summed E-state index contributed by atoms with van der Waals surface area (Å²) in [6.07, 6.45) is 3.30. The second-order valence-electron chi connectivity index (χ2n) is 6.94. The third-order valence-electron chi connectivity index (χ3n) is 4.92. The molecular weight excluding hydrogens is 374 g/mol. The summed E-state index contributed by atoms with van der Waals surface area (Å²) in [5, 5.41) is 12.6. The second kappa shape index (κ2) is 8.97. The van der Waals surface area contributed by atoms with Gasteiger partial charge >= 0.3 is 0 Å². The average Bonchev–Trinajstić information content (AvgIpc) is 2.80. The highest BCUT2D eigenvalue weighted by atomic mass is 16.5. The van der Waals surface area contributed by atoms with E-state index in [4.69, 9.17) is 4.74 Å². The number of carbonyl (C=O) groups is 1. The number of rotatable bonds is 5. The molecule has 5 heteroatoms. The van der Waals surface area contributed by atoms with Gasteiger partial charge in [0.25, 0.3) is 5.91 Å². The van der Waals surface area contributed by atoms with Crippen LogP contribution in [0.2, 0.25) is 0 Å². The average molecular weight is 395 g/mol. The maximum absolute atomic E-state index is 12.9. The molecular formula is C25H21N3O2. The third kappa shape index (κ3) is 4.34. The number of anilines is 2. The lowest BCUT2D eigenvalue weighted by atomic mass is 10.0. The molecule has 30 heavy (non-hydrogen) atoms. The van der Waals surface area contributed by atoms with Gasteiger partial charge in [0, 0.05) is 24.1 Å². The van der Waals surface area contributed by atoms with Crippen LogP contribution in [0.15, 0.2) is 90.6 Å². The van der Waals surface area contributed by atoms with Gasteiger partial charge in [0.2, 0.25) is 0 Å². The Kier molecular flexibility index (Phi) is 5.77. The number of amides is 1. The molecule has 1 amide bonds. The van der Waals surface area contributed by atoms with E-state index in [9.17, 15) is 10.1 Å². The molecule has 0 fully saturated rings. The number of hydrogen-bond acceptors (Lipinski definition) is 4. The first kappa shape index (κ1) is 19.3. The molecule has 148 valence electrons. The normalized spacial score (nSPS) is 13.2. The number of benzene rings is 3. The molecule has 4 rings (SSSR count). The maximum atomic E-state index is 12.9. The SMILES string of the molecule is N#C/C(=C/Nc1ccc(Oc2ccccc2)cc1)C(=O)N1CCCc2ccccc21. The van der Waals surface area contributed by atoms with Gasteiger partial charge in [-0.25, -0.2) is 0 Å². The van der Waals surface area contributed by atoms with Gasteiger partial charge in [0.1, 0.15) is 23.1 Å². The molecule has 1 aliphatic heterocycles. The van der Waals surface area contributed by atoms with E-state index >= 15 is 0 Å². The first-order valence-electron chi connectivity index (χ1n) is 9.84. The number of nitriles is 1. The number of ether oxygens (including phenoxy) is 1. The molecule has 0 radical (unpaired) electrons. The summed E-state index contributed by atoms with van der Waals surface area (Å²) in [6, 6.07) is 26.7. The summed E-state index contributed by atoms with van der Waals surface area (Å²) in [6.45, 7) is 0.611. The van der Waals surface area contributed by atoms with Crippen molar-refractivity contribution in [2.45, 2.75) is 12.8 Å². The van der Waals surface area contributed by atoms with Crippen molar-refractivity contribution in [3.63, 3.8) is 0 Å². The van der Waals surface area contributed by atoms with Gasteiger partial charge in [0.15, 0.2) is 0 Å². The van der Waals surface area contributed by atoms with Crippen LogP contribution in [0.5, 0.6) is 11.5 Å². The van der Waals surface area contributed by atoms with Gasteiger partial charge < -0.3 is 15.0 Å². The molecule has 0 unspecified atom stereocenters. The molecule has 1 heterocycles. The van der Waals surface area contributed by atoms with Crippen molar-refractivity contribution in [2.75, 3.05) is 16.8 Å². The van der Waals surface area contributed by atoms with E-state index in [2.05, 4.69) is 5.32 Å². The molecule has 0 saturated heterocycles. The Bertz CT molecular complexity index is 1100. The minimum absolute atomic E-state index is 0.0660. The molecule has 0 aromatic heterocycles. The first-order chi connectivity index (χ1) is 14.7. The van der Waals surface area contributed by atoms with Crippen molar-refractivity contribution < 1.29 is 9.53 Å². The van der Waals surface area contributed by atoms with Crippen molar-refractivity contribution in [2.24, 2.45) is 0 Å². The molecule has 0 bridgehead atoms. The predicted octanol–water partition coefficient (Wildman–Crippen LogP) is 5.28. The zero-order chi connectivity index (χ0) is 20.8. The monoisotopic (exact) mass is 395 g/mol. The Morgan fingerprint density at radius 3 is 2.43 bits per heavy atom. The van der Waals surface area contributed by atoms with Gasteiger partial charge in [-0.1, -0.05) is 36.4 Å². The highest BCUT2D eigenvalue weighted by molar-refractivity contribution is 6.09. The molecule has 0 atom stereocenters. The minimum Gasteiger partial charge on any atom is -0.457 e. The lowest BCUT2D eigenvalue weighted by Crippen LogP contribution is -2.36. The number of nitrogens with zero attached hydrogens (tertiary/aromatic N) is 2. The first-order valence-corrected chi connectivity index (χ1v) is 9.84. The van der Waals surface area contributed by atoms with Crippen molar-refractivity contribution in [1.29, 1.82) is 5.26 Å². The molecule has 3 aromatic rings. The molecule has 5 nitrogen and oxygen atoms in total. The van der Waals surface area contributed by atoms with Crippen LogP contribution in [0.1, 0.15) is 12.0 Å². The lowest BCUT2D eigenvalue weighted by molar-refractivity contribution is -0.114. The summed E-state index contributed by atoms with van der Waals surface area (Å²) in [5.74, 6) is 1.18. The van der Waals surface area contributed by atoms with Crippen LogP contribution in [0.25, 0.3) is 0 Å². The maximum Gasteiger partial charge on any atom is 0.270 e. The second-order valence-corrected chi connectivity index (χ2v) is 6.94. The number of para-hydroxylation sites is 2.